The molecule has 1 aromatic carbocycles. The third kappa shape index (κ3) is 6.54. The maximum Gasteiger partial charge on any atom is 0.191 e. The van der Waals surface area contributed by atoms with Crippen LogP contribution < -0.4 is 10.6 Å². The van der Waals surface area contributed by atoms with Gasteiger partial charge >= 0.3 is 0 Å². The molecule has 3 rings (SSSR count). The van der Waals surface area contributed by atoms with Crippen LogP contribution in [0.2, 0.25) is 0 Å². The first-order valence-electron chi connectivity index (χ1n) is 10.2. The average Bonchev–Trinajstić information content (AvgIpc) is 3.15. The molecule has 158 valence electrons. The van der Waals surface area contributed by atoms with Gasteiger partial charge in [0.25, 0.3) is 0 Å². The Kier molecular flexibility index (Phi) is 8.01. The van der Waals surface area contributed by atoms with Crippen LogP contribution >= 0.6 is 0 Å². The summed E-state index contributed by atoms with van der Waals surface area (Å²) in [4.78, 5) is 7.18. The molecule has 7 nitrogen and oxygen atoms in total. The number of halogens is 1. The highest BCUT2D eigenvalue weighted by atomic mass is 19.1. The molecule has 0 aliphatic carbocycles. The normalized spacial score (nSPS) is 16.6. The number of ether oxygens (including phenoxy) is 1. The van der Waals surface area contributed by atoms with Gasteiger partial charge in [0.1, 0.15) is 5.82 Å². The first kappa shape index (κ1) is 21.3. The maximum absolute atomic E-state index is 13.4. The molecule has 1 aromatic heterocycles. The Bertz CT molecular complexity index is 770. The van der Waals surface area contributed by atoms with Gasteiger partial charge in [0.15, 0.2) is 5.96 Å². The van der Waals surface area contributed by atoms with E-state index in [0.717, 1.165) is 44.1 Å². The lowest BCUT2D eigenvalue weighted by molar-refractivity contribution is 0.0179. The zero-order valence-corrected chi connectivity index (χ0v) is 17.3. The summed E-state index contributed by atoms with van der Waals surface area (Å²) < 4.78 is 20.7. The second-order valence-corrected chi connectivity index (χ2v) is 7.13. The van der Waals surface area contributed by atoms with Crippen molar-refractivity contribution >= 4 is 5.96 Å². The van der Waals surface area contributed by atoms with Crippen molar-refractivity contribution < 1.29 is 9.13 Å². The minimum absolute atomic E-state index is 0.0910. The van der Waals surface area contributed by atoms with Crippen molar-refractivity contribution in [1.29, 1.82) is 0 Å². The Morgan fingerprint density at radius 2 is 2.00 bits per heavy atom. The summed E-state index contributed by atoms with van der Waals surface area (Å²) >= 11 is 0. The lowest BCUT2D eigenvalue weighted by atomic mass is 10.0. The van der Waals surface area contributed by atoms with E-state index in [9.17, 15) is 4.39 Å². The van der Waals surface area contributed by atoms with Crippen LogP contribution in [0.25, 0.3) is 0 Å². The lowest BCUT2D eigenvalue weighted by Crippen LogP contribution is -2.42. The van der Waals surface area contributed by atoms with Crippen LogP contribution in [-0.2, 0) is 18.2 Å². The van der Waals surface area contributed by atoms with Crippen molar-refractivity contribution in [2.24, 2.45) is 12.0 Å². The Morgan fingerprint density at radius 3 is 2.66 bits per heavy atom. The first-order valence-corrected chi connectivity index (χ1v) is 10.2. The lowest BCUT2D eigenvalue weighted by Gasteiger charge is -2.34. The summed E-state index contributed by atoms with van der Waals surface area (Å²) in [6.07, 6.45) is 4.78. The molecule has 1 saturated heterocycles. The molecule has 1 unspecified atom stereocenters. The Balaban J connectivity index is 1.65. The summed E-state index contributed by atoms with van der Waals surface area (Å²) in [5.41, 5.74) is 2.26. The second-order valence-electron chi connectivity index (χ2n) is 7.13. The summed E-state index contributed by atoms with van der Waals surface area (Å²) in [6, 6.07) is 6.84. The zero-order chi connectivity index (χ0) is 20.5. The number of hydrogen-bond acceptors (Lipinski definition) is 4. The van der Waals surface area contributed by atoms with Crippen molar-refractivity contribution in [2.75, 3.05) is 45.9 Å². The Morgan fingerprint density at radius 1 is 1.24 bits per heavy atom. The van der Waals surface area contributed by atoms with Crippen LogP contribution in [0.5, 0.6) is 0 Å². The topological polar surface area (TPSA) is 66.7 Å². The van der Waals surface area contributed by atoms with Crippen LogP contribution in [0.3, 0.4) is 0 Å². The number of aromatic nitrogens is 2. The molecule has 8 heteroatoms. The minimum atomic E-state index is -0.219. The molecule has 0 amide bonds. The summed E-state index contributed by atoms with van der Waals surface area (Å²) in [6.45, 7) is 7.33. The number of hydrogen-bond donors (Lipinski definition) is 2. The van der Waals surface area contributed by atoms with Crippen molar-refractivity contribution in [2.45, 2.75) is 19.4 Å². The van der Waals surface area contributed by atoms with Gasteiger partial charge in [0.05, 0.1) is 32.0 Å². The Hall–Kier alpha value is -2.45. The highest BCUT2D eigenvalue weighted by molar-refractivity contribution is 5.79. The molecule has 0 radical (unpaired) electrons. The van der Waals surface area contributed by atoms with E-state index >= 15 is 0 Å². The molecule has 1 atom stereocenters. The monoisotopic (exact) mass is 402 g/mol. The van der Waals surface area contributed by atoms with Gasteiger partial charge in [-0.1, -0.05) is 12.1 Å². The van der Waals surface area contributed by atoms with Gasteiger partial charge in [-0.05, 0) is 36.6 Å². The number of benzene rings is 1. The summed E-state index contributed by atoms with van der Waals surface area (Å²) in [5.74, 6) is 0.570. The molecule has 1 fully saturated rings. The van der Waals surface area contributed by atoms with E-state index in [1.807, 2.05) is 36.3 Å². The smallest absolute Gasteiger partial charge is 0.191 e. The van der Waals surface area contributed by atoms with E-state index in [1.54, 1.807) is 0 Å². The number of nitrogens with zero attached hydrogens (tertiary/aromatic N) is 4. The standard InChI is InChI=1S/C21H31FN6O/c1-3-23-21(24-9-8-17-14-26-27(2)16-17)25-15-20(28-10-12-29-13-11-28)18-4-6-19(22)7-5-18/h4-7,14,16,20H,3,8-13,15H2,1-2H3,(H2,23,24,25). The van der Waals surface area contributed by atoms with Gasteiger partial charge in [-0.15, -0.1) is 0 Å². The fourth-order valence-electron chi connectivity index (χ4n) is 3.45. The quantitative estimate of drug-likeness (QED) is 0.520. The molecule has 2 N–H and O–H groups in total. The van der Waals surface area contributed by atoms with Gasteiger partial charge in [-0.2, -0.15) is 5.10 Å². The van der Waals surface area contributed by atoms with E-state index in [0.29, 0.717) is 19.8 Å². The molecule has 1 aliphatic heterocycles. The first-order chi connectivity index (χ1) is 14.2. The van der Waals surface area contributed by atoms with Gasteiger partial charge in [0, 0.05) is 39.4 Å². The molecule has 0 bridgehead atoms. The maximum atomic E-state index is 13.4. The van der Waals surface area contributed by atoms with Crippen molar-refractivity contribution in [3.8, 4) is 0 Å². The van der Waals surface area contributed by atoms with E-state index < -0.39 is 0 Å². The average molecular weight is 403 g/mol. The third-order valence-corrected chi connectivity index (χ3v) is 4.97. The Labute approximate surface area is 172 Å². The van der Waals surface area contributed by atoms with Gasteiger partial charge < -0.3 is 15.4 Å². The van der Waals surface area contributed by atoms with Crippen LogP contribution in [0.15, 0.2) is 41.7 Å². The van der Waals surface area contributed by atoms with E-state index in [2.05, 4.69) is 27.6 Å². The molecular formula is C21H31FN6O. The molecule has 0 saturated carbocycles. The van der Waals surface area contributed by atoms with Crippen molar-refractivity contribution in [1.82, 2.24) is 25.3 Å². The van der Waals surface area contributed by atoms with Gasteiger partial charge in [-0.25, -0.2) is 4.39 Å². The number of morpholine rings is 1. The highest BCUT2D eigenvalue weighted by Gasteiger charge is 2.22. The molecular weight excluding hydrogens is 371 g/mol. The zero-order valence-electron chi connectivity index (χ0n) is 17.3. The van der Waals surface area contributed by atoms with Gasteiger partial charge in [0.2, 0.25) is 0 Å². The highest BCUT2D eigenvalue weighted by Crippen LogP contribution is 2.22. The van der Waals surface area contributed by atoms with E-state index in [-0.39, 0.29) is 11.9 Å². The number of rotatable bonds is 8. The molecule has 29 heavy (non-hydrogen) atoms. The van der Waals surface area contributed by atoms with Crippen molar-refractivity contribution in [3.05, 3.63) is 53.6 Å². The molecule has 0 spiro atoms. The largest absolute Gasteiger partial charge is 0.379 e. The molecule has 2 heterocycles. The number of nitrogens with one attached hydrogen (secondary N) is 2. The van der Waals surface area contributed by atoms with Crippen LogP contribution in [0.4, 0.5) is 4.39 Å². The molecule has 1 aliphatic rings. The fourth-order valence-corrected chi connectivity index (χ4v) is 3.45. The third-order valence-electron chi connectivity index (χ3n) is 4.97. The second kappa shape index (κ2) is 10.9. The van der Waals surface area contributed by atoms with Crippen LogP contribution in [-0.4, -0.2) is 66.6 Å². The number of aliphatic imine (C=N–C) groups is 1. The predicted molar refractivity (Wildman–Crippen MR) is 112 cm³/mol. The fraction of sp³-hybridized carbons (Fsp3) is 0.524. The minimum Gasteiger partial charge on any atom is -0.379 e. The predicted octanol–water partition coefficient (Wildman–Crippen LogP) is 1.73. The molecule has 2 aromatic rings. The van der Waals surface area contributed by atoms with Gasteiger partial charge in [-0.3, -0.25) is 14.6 Å². The van der Waals surface area contributed by atoms with Crippen LogP contribution in [0.1, 0.15) is 24.1 Å². The number of guanidine groups is 1. The van der Waals surface area contributed by atoms with Crippen molar-refractivity contribution in [3.63, 3.8) is 0 Å². The van der Waals surface area contributed by atoms with E-state index in [4.69, 9.17) is 9.73 Å². The van der Waals surface area contributed by atoms with Crippen LogP contribution in [0, 0.1) is 5.82 Å². The number of aryl methyl sites for hydroxylation is 1. The summed E-state index contributed by atoms with van der Waals surface area (Å²) in [5, 5.41) is 10.9. The summed E-state index contributed by atoms with van der Waals surface area (Å²) in [7, 11) is 1.92. The SMILES string of the molecule is CCNC(=NCC(c1ccc(F)cc1)N1CCOCC1)NCCc1cnn(C)c1. The van der Waals surface area contributed by atoms with E-state index in [1.165, 1.54) is 17.7 Å².